The molecule has 0 spiro atoms. The fourth-order valence-corrected chi connectivity index (χ4v) is 3.18. The van der Waals surface area contributed by atoms with E-state index in [2.05, 4.69) is 10.3 Å². The summed E-state index contributed by atoms with van der Waals surface area (Å²) in [4.78, 5) is 40.2. The van der Waals surface area contributed by atoms with Crippen molar-refractivity contribution in [1.29, 1.82) is 0 Å². The first-order chi connectivity index (χ1) is 12.0. The molecule has 0 atom stereocenters. The molecule has 1 aliphatic heterocycles. The topological polar surface area (TPSA) is 91.5 Å². The predicted molar refractivity (Wildman–Crippen MR) is 92.1 cm³/mol. The van der Waals surface area contributed by atoms with Gasteiger partial charge in [0, 0.05) is 61.6 Å². The number of esters is 1. The minimum Gasteiger partial charge on any atom is -0.465 e. The Kier molecular flexibility index (Phi) is 4.74. The number of fused-ring (bicyclic) bond motifs is 3. The zero-order chi connectivity index (χ0) is 18.0. The SMILES string of the molecule is COC(=O)c1ccc2[nH]c3c(c2c1)CN(C(=O)CCNC(C)=O)CC3. The fourth-order valence-electron chi connectivity index (χ4n) is 3.18. The third-order valence-corrected chi connectivity index (χ3v) is 4.46. The zero-order valence-electron chi connectivity index (χ0n) is 14.3. The van der Waals surface area contributed by atoms with Crippen molar-refractivity contribution in [2.75, 3.05) is 20.2 Å². The number of ether oxygens (including phenoxy) is 1. The van der Waals surface area contributed by atoms with E-state index in [1.807, 2.05) is 12.1 Å². The van der Waals surface area contributed by atoms with E-state index in [0.717, 1.165) is 28.6 Å². The first-order valence-electron chi connectivity index (χ1n) is 8.23. The Balaban J connectivity index is 1.80. The van der Waals surface area contributed by atoms with Gasteiger partial charge in [-0.25, -0.2) is 4.79 Å². The number of nitrogens with one attached hydrogen (secondary N) is 2. The molecule has 0 saturated heterocycles. The van der Waals surface area contributed by atoms with E-state index in [-0.39, 0.29) is 24.2 Å². The molecule has 2 amide bonds. The van der Waals surface area contributed by atoms with E-state index in [4.69, 9.17) is 4.74 Å². The lowest BCUT2D eigenvalue weighted by Crippen LogP contribution is -2.37. The molecule has 0 saturated carbocycles. The minimum absolute atomic E-state index is 0.0119. The Morgan fingerprint density at radius 3 is 2.84 bits per heavy atom. The number of hydrogen-bond donors (Lipinski definition) is 2. The number of aromatic nitrogens is 1. The van der Waals surface area contributed by atoms with Gasteiger partial charge in [0.15, 0.2) is 0 Å². The van der Waals surface area contributed by atoms with E-state index < -0.39 is 0 Å². The van der Waals surface area contributed by atoms with Gasteiger partial charge >= 0.3 is 5.97 Å². The Hall–Kier alpha value is -2.83. The second-order valence-corrected chi connectivity index (χ2v) is 6.13. The summed E-state index contributed by atoms with van der Waals surface area (Å²) in [6.07, 6.45) is 1.02. The van der Waals surface area contributed by atoms with Crippen LogP contribution >= 0.6 is 0 Å². The molecule has 2 aromatic rings. The van der Waals surface area contributed by atoms with Crippen molar-refractivity contribution in [2.24, 2.45) is 0 Å². The van der Waals surface area contributed by atoms with Crippen molar-refractivity contribution in [3.8, 4) is 0 Å². The quantitative estimate of drug-likeness (QED) is 0.820. The monoisotopic (exact) mass is 343 g/mol. The Morgan fingerprint density at radius 2 is 2.12 bits per heavy atom. The number of methoxy groups -OCH3 is 1. The second kappa shape index (κ2) is 6.96. The predicted octanol–water partition coefficient (Wildman–Crippen LogP) is 1.37. The summed E-state index contributed by atoms with van der Waals surface area (Å²) in [6.45, 7) is 2.92. The van der Waals surface area contributed by atoms with Crippen LogP contribution < -0.4 is 5.32 Å². The Morgan fingerprint density at radius 1 is 1.32 bits per heavy atom. The van der Waals surface area contributed by atoms with Crippen LogP contribution in [-0.4, -0.2) is 47.9 Å². The van der Waals surface area contributed by atoms with E-state index in [9.17, 15) is 14.4 Å². The summed E-state index contributed by atoms with van der Waals surface area (Å²) < 4.78 is 4.78. The summed E-state index contributed by atoms with van der Waals surface area (Å²) in [6, 6.07) is 5.40. The highest BCUT2D eigenvalue weighted by Gasteiger charge is 2.24. The number of amides is 2. The number of nitrogens with zero attached hydrogens (tertiary/aromatic N) is 1. The average Bonchev–Trinajstić information content (AvgIpc) is 2.97. The summed E-state index contributed by atoms with van der Waals surface area (Å²) in [5.74, 6) is -0.505. The van der Waals surface area contributed by atoms with Gasteiger partial charge in [0.1, 0.15) is 0 Å². The molecule has 0 bridgehead atoms. The van der Waals surface area contributed by atoms with Gasteiger partial charge in [0.2, 0.25) is 11.8 Å². The molecule has 0 unspecified atom stereocenters. The summed E-state index contributed by atoms with van der Waals surface area (Å²) in [5.41, 5.74) is 3.58. The number of aromatic amines is 1. The summed E-state index contributed by atoms with van der Waals surface area (Å²) in [7, 11) is 1.36. The van der Waals surface area contributed by atoms with Crippen LogP contribution in [0, 0.1) is 0 Å². The molecule has 2 N–H and O–H groups in total. The minimum atomic E-state index is -0.379. The van der Waals surface area contributed by atoms with Crippen molar-refractivity contribution < 1.29 is 19.1 Å². The van der Waals surface area contributed by atoms with Gasteiger partial charge in [-0.1, -0.05) is 0 Å². The third kappa shape index (κ3) is 3.50. The molecule has 7 heteroatoms. The smallest absolute Gasteiger partial charge is 0.337 e. The van der Waals surface area contributed by atoms with Crippen molar-refractivity contribution in [3.63, 3.8) is 0 Å². The first-order valence-corrected chi connectivity index (χ1v) is 8.23. The highest BCUT2D eigenvalue weighted by Crippen LogP contribution is 2.29. The molecule has 0 aliphatic carbocycles. The third-order valence-electron chi connectivity index (χ3n) is 4.46. The van der Waals surface area contributed by atoms with Crippen LogP contribution in [0.25, 0.3) is 10.9 Å². The van der Waals surface area contributed by atoms with Crippen LogP contribution in [0.3, 0.4) is 0 Å². The fraction of sp³-hybridized carbons (Fsp3) is 0.389. The second-order valence-electron chi connectivity index (χ2n) is 6.13. The highest BCUT2D eigenvalue weighted by atomic mass is 16.5. The summed E-state index contributed by atoms with van der Waals surface area (Å²) >= 11 is 0. The first kappa shape index (κ1) is 17.0. The lowest BCUT2D eigenvalue weighted by molar-refractivity contribution is -0.132. The van der Waals surface area contributed by atoms with Crippen molar-refractivity contribution in [2.45, 2.75) is 26.3 Å². The number of rotatable bonds is 4. The van der Waals surface area contributed by atoms with Crippen molar-refractivity contribution in [1.82, 2.24) is 15.2 Å². The van der Waals surface area contributed by atoms with Crippen LogP contribution in [0.2, 0.25) is 0 Å². The van der Waals surface area contributed by atoms with E-state index in [1.165, 1.54) is 14.0 Å². The molecular weight excluding hydrogens is 322 g/mol. The molecule has 1 aromatic carbocycles. The largest absolute Gasteiger partial charge is 0.465 e. The van der Waals surface area contributed by atoms with Gasteiger partial charge in [-0.15, -0.1) is 0 Å². The number of hydrogen-bond acceptors (Lipinski definition) is 4. The van der Waals surface area contributed by atoms with E-state index in [0.29, 0.717) is 25.2 Å². The summed E-state index contributed by atoms with van der Waals surface area (Å²) in [5, 5.41) is 3.58. The number of H-pyrrole nitrogens is 1. The van der Waals surface area contributed by atoms with Crippen molar-refractivity contribution >= 4 is 28.7 Å². The number of benzene rings is 1. The molecule has 2 heterocycles. The van der Waals surface area contributed by atoms with E-state index >= 15 is 0 Å². The Labute approximate surface area is 145 Å². The zero-order valence-corrected chi connectivity index (χ0v) is 14.3. The molecule has 25 heavy (non-hydrogen) atoms. The van der Waals surface area contributed by atoms with Crippen LogP contribution in [0.1, 0.15) is 35.0 Å². The number of carbonyl (C=O) groups is 3. The van der Waals surface area contributed by atoms with Crippen LogP contribution in [-0.2, 0) is 27.3 Å². The maximum absolute atomic E-state index is 12.4. The van der Waals surface area contributed by atoms with Crippen LogP contribution in [0.4, 0.5) is 0 Å². The maximum Gasteiger partial charge on any atom is 0.337 e. The standard InChI is InChI=1S/C18H21N3O4/c1-11(22)19-7-5-17(23)21-8-6-16-14(10-21)13-9-12(18(24)25-2)3-4-15(13)20-16/h3-4,9,20H,5-8,10H2,1-2H3,(H,19,22). The van der Waals surface area contributed by atoms with Gasteiger partial charge in [-0.2, -0.15) is 0 Å². The van der Waals surface area contributed by atoms with Crippen LogP contribution in [0.5, 0.6) is 0 Å². The van der Waals surface area contributed by atoms with Gasteiger partial charge in [0.25, 0.3) is 0 Å². The van der Waals surface area contributed by atoms with Gasteiger partial charge in [-0.05, 0) is 18.2 Å². The molecule has 0 radical (unpaired) electrons. The number of carbonyl (C=O) groups excluding carboxylic acids is 3. The molecule has 132 valence electrons. The van der Waals surface area contributed by atoms with Gasteiger partial charge in [-0.3, -0.25) is 9.59 Å². The lowest BCUT2D eigenvalue weighted by atomic mass is 10.0. The van der Waals surface area contributed by atoms with Gasteiger partial charge in [0.05, 0.1) is 12.7 Å². The molecule has 1 aromatic heterocycles. The molecular formula is C18H21N3O4. The van der Waals surface area contributed by atoms with Crippen LogP contribution in [0.15, 0.2) is 18.2 Å². The molecule has 1 aliphatic rings. The average molecular weight is 343 g/mol. The lowest BCUT2D eigenvalue weighted by Gasteiger charge is -2.27. The van der Waals surface area contributed by atoms with Gasteiger partial charge < -0.3 is 19.9 Å². The molecule has 3 rings (SSSR count). The highest BCUT2D eigenvalue weighted by molar-refractivity contribution is 5.96. The normalized spacial score (nSPS) is 13.4. The maximum atomic E-state index is 12.4. The molecule has 0 fully saturated rings. The Bertz CT molecular complexity index is 840. The van der Waals surface area contributed by atoms with Crippen molar-refractivity contribution in [3.05, 3.63) is 35.0 Å². The molecule has 7 nitrogen and oxygen atoms in total. The van der Waals surface area contributed by atoms with E-state index in [1.54, 1.807) is 11.0 Å².